The number of amides is 1. The molecule has 2 nitrogen and oxygen atoms in total. The minimum absolute atomic E-state index is 0.0388. The van der Waals surface area contributed by atoms with E-state index in [1.54, 1.807) is 11.8 Å². The van der Waals surface area contributed by atoms with E-state index >= 15 is 0 Å². The Morgan fingerprint density at radius 1 is 0.955 bits per heavy atom. The first kappa shape index (κ1) is 16.6. The summed E-state index contributed by atoms with van der Waals surface area (Å²) in [6.07, 6.45) is 0. The van der Waals surface area contributed by atoms with Gasteiger partial charge in [0.05, 0.1) is 5.25 Å². The maximum atomic E-state index is 12.4. The first-order valence-electron chi connectivity index (χ1n) is 7.49. The smallest absolute Gasteiger partial charge is 0.237 e. The molecule has 1 atom stereocenters. The summed E-state index contributed by atoms with van der Waals surface area (Å²) in [5, 5.41) is 2.89. The number of aryl methyl sites for hydroxylation is 4. The number of benzene rings is 2. The van der Waals surface area contributed by atoms with Crippen LogP contribution in [-0.4, -0.2) is 11.2 Å². The van der Waals surface area contributed by atoms with E-state index in [0.29, 0.717) is 0 Å². The van der Waals surface area contributed by atoms with Gasteiger partial charge in [-0.25, -0.2) is 0 Å². The van der Waals surface area contributed by atoms with Crippen LogP contribution in [0.4, 0.5) is 5.69 Å². The molecule has 0 heterocycles. The van der Waals surface area contributed by atoms with E-state index in [1.807, 2.05) is 26.0 Å². The fraction of sp³-hybridized carbons (Fsp3) is 0.316. The molecule has 1 amide bonds. The van der Waals surface area contributed by atoms with Gasteiger partial charge in [-0.3, -0.25) is 4.79 Å². The molecular weight excluding hydrogens is 290 g/mol. The lowest BCUT2D eigenvalue weighted by atomic mass is 10.1. The summed E-state index contributed by atoms with van der Waals surface area (Å²) in [6, 6.07) is 12.4. The van der Waals surface area contributed by atoms with Crippen LogP contribution in [0.5, 0.6) is 0 Å². The number of rotatable bonds is 4. The van der Waals surface area contributed by atoms with Crippen molar-refractivity contribution in [2.75, 3.05) is 5.32 Å². The van der Waals surface area contributed by atoms with Crippen LogP contribution in [0.3, 0.4) is 0 Å². The second-order valence-electron chi connectivity index (χ2n) is 5.84. The molecule has 0 radical (unpaired) electrons. The average Bonchev–Trinajstić information content (AvgIpc) is 2.44. The molecule has 0 aliphatic heterocycles. The Morgan fingerprint density at radius 2 is 1.55 bits per heavy atom. The highest BCUT2D eigenvalue weighted by Gasteiger charge is 2.16. The molecule has 0 aliphatic carbocycles. The van der Waals surface area contributed by atoms with Gasteiger partial charge in [-0.15, -0.1) is 11.8 Å². The van der Waals surface area contributed by atoms with Crippen LogP contribution < -0.4 is 5.32 Å². The lowest BCUT2D eigenvalue weighted by Crippen LogP contribution is -2.22. The summed E-state index contributed by atoms with van der Waals surface area (Å²) < 4.78 is 0. The van der Waals surface area contributed by atoms with Crippen LogP contribution in [0.15, 0.2) is 41.3 Å². The van der Waals surface area contributed by atoms with Crippen LogP contribution >= 0.6 is 11.8 Å². The van der Waals surface area contributed by atoms with Crippen molar-refractivity contribution in [3.05, 3.63) is 58.7 Å². The highest BCUT2D eigenvalue weighted by atomic mass is 32.2. The van der Waals surface area contributed by atoms with Crippen molar-refractivity contribution in [2.45, 2.75) is 44.8 Å². The average molecular weight is 313 g/mol. The summed E-state index contributed by atoms with van der Waals surface area (Å²) in [7, 11) is 0. The Balaban J connectivity index is 2.05. The Hall–Kier alpha value is -1.74. The molecular formula is C19H23NOS. The number of carbonyl (C=O) groups excluding carboxylic acids is 1. The van der Waals surface area contributed by atoms with Crippen LogP contribution in [-0.2, 0) is 4.79 Å². The van der Waals surface area contributed by atoms with Crippen molar-refractivity contribution in [1.29, 1.82) is 0 Å². The predicted molar refractivity (Wildman–Crippen MR) is 95.8 cm³/mol. The highest BCUT2D eigenvalue weighted by Crippen LogP contribution is 2.28. The van der Waals surface area contributed by atoms with Gasteiger partial charge in [0.2, 0.25) is 5.91 Å². The second kappa shape index (κ2) is 7.01. The van der Waals surface area contributed by atoms with Gasteiger partial charge >= 0.3 is 0 Å². The summed E-state index contributed by atoms with van der Waals surface area (Å²) in [6.45, 7) is 10.2. The minimum atomic E-state index is -0.137. The highest BCUT2D eigenvalue weighted by molar-refractivity contribution is 8.00. The molecule has 0 bridgehead atoms. The molecule has 2 aromatic carbocycles. The molecule has 2 aromatic rings. The first-order valence-corrected chi connectivity index (χ1v) is 8.37. The molecule has 1 unspecified atom stereocenters. The number of anilines is 1. The van der Waals surface area contributed by atoms with Gasteiger partial charge in [0.15, 0.2) is 0 Å². The molecule has 0 saturated heterocycles. The summed E-state index contributed by atoms with van der Waals surface area (Å²) in [5.41, 5.74) is 5.65. The van der Waals surface area contributed by atoms with Crippen molar-refractivity contribution in [3.8, 4) is 0 Å². The Morgan fingerprint density at radius 3 is 2.14 bits per heavy atom. The van der Waals surface area contributed by atoms with Gasteiger partial charge in [0, 0.05) is 10.6 Å². The van der Waals surface area contributed by atoms with Crippen molar-refractivity contribution in [3.63, 3.8) is 0 Å². The van der Waals surface area contributed by atoms with Crippen molar-refractivity contribution >= 4 is 23.4 Å². The molecule has 0 aliphatic rings. The van der Waals surface area contributed by atoms with Gasteiger partial charge in [-0.2, -0.15) is 0 Å². The van der Waals surface area contributed by atoms with Crippen molar-refractivity contribution < 1.29 is 4.79 Å². The second-order valence-corrected chi connectivity index (χ2v) is 7.22. The van der Waals surface area contributed by atoms with E-state index in [4.69, 9.17) is 0 Å². The van der Waals surface area contributed by atoms with Gasteiger partial charge in [-0.1, -0.05) is 35.4 Å². The molecule has 0 saturated carbocycles. The van der Waals surface area contributed by atoms with E-state index in [0.717, 1.165) is 16.1 Å². The molecule has 3 heteroatoms. The number of nitrogens with one attached hydrogen (secondary N) is 1. The number of hydrogen-bond acceptors (Lipinski definition) is 2. The molecule has 1 N–H and O–H groups in total. The van der Waals surface area contributed by atoms with E-state index in [-0.39, 0.29) is 11.2 Å². The Kier molecular flexibility index (Phi) is 5.30. The van der Waals surface area contributed by atoms with Crippen LogP contribution in [0.25, 0.3) is 0 Å². The van der Waals surface area contributed by atoms with Crippen LogP contribution in [0, 0.1) is 27.7 Å². The fourth-order valence-corrected chi connectivity index (χ4v) is 3.30. The monoisotopic (exact) mass is 313 g/mol. The standard InChI is InChI=1S/C19H23NOS/c1-12-6-8-17(14(3)10-12)20-19(21)16(5)22-18-9-7-13(2)11-15(18)4/h6-11,16H,1-5H3,(H,20,21). The maximum absolute atomic E-state index is 12.4. The number of thioether (sulfide) groups is 1. The van der Waals surface area contributed by atoms with Gasteiger partial charge < -0.3 is 5.32 Å². The zero-order chi connectivity index (χ0) is 16.3. The third kappa shape index (κ3) is 4.14. The summed E-state index contributed by atoms with van der Waals surface area (Å²) in [4.78, 5) is 13.6. The minimum Gasteiger partial charge on any atom is -0.325 e. The molecule has 116 valence electrons. The zero-order valence-corrected chi connectivity index (χ0v) is 14.7. The first-order chi connectivity index (χ1) is 10.4. The third-order valence-corrected chi connectivity index (χ3v) is 4.92. The molecule has 0 fully saturated rings. The molecule has 0 aromatic heterocycles. The van der Waals surface area contributed by atoms with Crippen LogP contribution in [0.1, 0.15) is 29.2 Å². The van der Waals surface area contributed by atoms with E-state index < -0.39 is 0 Å². The summed E-state index contributed by atoms with van der Waals surface area (Å²) >= 11 is 1.60. The zero-order valence-electron chi connectivity index (χ0n) is 13.9. The normalized spacial score (nSPS) is 12.0. The van der Waals surface area contributed by atoms with E-state index in [2.05, 4.69) is 50.4 Å². The van der Waals surface area contributed by atoms with E-state index in [1.165, 1.54) is 16.7 Å². The van der Waals surface area contributed by atoms with E-state index in [9.17, 15) is 4.79 Å². The SMILES string of the molecule is Cc1ccc(NC(=O)C(C)Sc2ccc(C)cc2C)c(C)c1. The van der Waals surface area contributed by atoms with Gasteiger partial charge in [0.1, 0.15) is 0 Å². The molecule has 0 spiro atoms. The topological polar surface area (TPSA) is 29.1 Å². The van der Waals surface area contributed by atoms with Gasteiger partial charge in [0.25, 0.3) is 0 Å². The Bertz CT molecular complexity index is 694. The van der Waals surface area contributed by atoms with Crippen LogP contribution in [0.2, 0.25) is 0 Å². The lowest BCUT2D eigenvalue weighted by Gasteiger charge is -2.15. The number of carbonyl (C=O) groups is 1. The van der Waals surface area contributed by atoms with Crippen molar-refractivity contribution in [2.24, 2.45) is 0 Å². The fourth-order valence-electron chi connectivity index (χ4n) is 2.36. The quantitative estimate of drug-likeness (QED) is 0.801. The number of hydrogen-bond donors (Lipinski definition) is 1. The largest absolute Gasteiger partial charge is 0.325 e. The Labute approximate surface area is 137 Å². The van der Waals surface area contributed by atoms with Crippen molar-refractivity contribution in [1.82, 2.24) is 0 Å². The third-order valence-electron chi connectivity index (χ3n) is 3.64. The molecule has 22 heavy (non-hydrogen) atoms. The maximum Gasteiger partial charge on any atom is 0.237 e. The predicted octanol–water partition coefficient (Wildman–Crippen LogP) is 5.04. The molecule has 2 rings (SSSR count). The van der Waals surface area contributed by atoms with Gasteiger partial charge in [-0.05, 0) is 57.9 Å². The summed E-state index contributed by atoms with van der Waals surface area (Å²) in [5.74, 6) is 0.0388. The lowest BCUT2D eigenvalue weighted by molar-refractivity contribution is -0.115.